The van der Waals surface area contributed by atoms with Crippen LogP contribution >= 0.6 is 11.6 Å². The van der Waals surface area contributed by atoms with E-state index in [1.165, 1.54) is 7.11 Å². The lowest BCUT2D eigenvalue weighted by Gasteiger charge is -2.29. The number of hydrogen-bond acceptors (Lipinski definition) is 6. The molecule has 8 heteroatoms. The minimum absolute atomic E-state index is 0.126. The van der Waals surface area contributed by atoms with E-state index in [-0.39, 0.29) is 11.7 Å². The molecule has 1 saturated heterocycles. The Morgan fingerprint density at radius 2 is 2.00 bits per heavy atom. The monoisotopic (exact) mass is 452 g/mol. The number of piperidine rings is 1. The van der Waals surface area contributed by atoms with Crippen molar-refractivity contribution in [1.29, 1.82) is 5.26 Å². The zero-order valence-electron chi connectivity index (χ0n) is 18.1. The van der Waals surface area contributed by atoms with E-state index in [1.807, 2.05) is 18.2 Å². The van der Waals surface area contributed by atoms with E-state index in [2.05, 4.69) is 28.3 Å². The Morgan fingerprint density at radius 1 is 1.22 bits per heavy atom. The number of likely N-dealkylation sites (tertiary alicyclic amines) is 1. The maximum Gasteiger partial charge on any atom is 0.253 e. The SMILES string of the molecule is COc1cc(NCc2cc3ccc(OC4CCN(C)CC4)c(Cl)c3[nH]c2=O)ccc1C#N. The van der Waals surface area contributed by atoms with E-state index in [4.69, 9.17) is 26.3 Å². The van der Waals surface area contributed by atoms with Crippen molar-refractivity contribution in [2.75, 3.05) is 32.6 Å². The Bertz CT molecular complexity index is 1230. The number of H-pyrrole nitrogens is 1. The third kappa shape index (κ3) is 4.67. The van der Waals surface area contributed by atoms with Gasteiger partial charge in [0.2, 0.25) is 0 Å². The van der Waals surface area contributed by atoms with Gasteiger partial charge >= 0.3 is 0 Å². The molecule has 4 rings (SSSR count). The summed E-state index contributed by atoms with van der Waals surface area (Å²) in [5, 5.41) is 13.6. The topological polar surface area (TPSA) is 90.4 Å². The molecule has 7 nitrogen and oxygen atoms in total. The molecule has 0 bridgehead atoms. The molecule has 0 aliphatic carbocycles. The number of nitriles is 1. The van der Waals surface area contributed by atoms with Crippen molar-refractivity contribution < 1.29 is 9.47 Å². The average Bonchev–Trinajstić information content (AvgIpc) is 2.81. The van der Waals surface area contributed by atoms with Crippen LogP contribution in [0.1, 0.15) is 24.0 Å². The van der Waals surface area contributed by atoms with Gasteiger partial charge < -0.3 is 24.7 Å². The molecule has 166 valence electrons. The number of methoxy groups -OCH3 is 1. The van der Waals surface area contributed by atoms with Crippen molar-refractivity contribution in [2.45, 2.75) is 25.5 Å². The van der Waals surface area contributed by atoms with Gasteiger partial charge in [-0.25, -0.2) is 0 Å². The molecule has 0 amide bonds. The van der Waals surface area contributed by atoms with Gasteiger partial charge in [0.05, 0.1) is 18.2 Å². The first-order valence-corrected chi connectivity index (χ1v) is 10.9. The smallest absolute Gasteiger partial charge is 0.253 e. The molecule has 0 spiro atoms. The second kappa shape index (κ2) is 9.51. The van der Waals surface area contributed by atoms with E-state index in [1.54, 1.807) is 18.2 Å². The van der Waals surface area contributed by atoms with Gasteiger partial charge in [-0.3, -0.25) is 4.79 Å². The zero-order valence-corrected chi connectivity index (χ0v) is 18.8. The van der Waals surface area contributed by atoms with Crippen LogP contribution in [0, 0.1) is 11.3 Å². The second-order valence-electron chi connectivity index (χ2n) is 7.97. The Hall–Kier alpha value is -3.21. The summed E-state index contributed by atoms with van der Waals surface area (Å²) in [6.07, 6.45) is 2.03. The third-order valence-electron chi connectivity index (χ3n) is 5.76. The van der Waals surface area contributed by atoms with Crippen LogP contribution in [0.4, 0.5) is 5.69 Å². The summed E-state index contributed by atoms with van der Waals surface area (Å²) >= 11 is 6.59. The molecule has 2 aromatic carbocycles. The largest absolute Gasteiger partial charge is 0.495 e. The van der Waals surface area contributed by atoms with Crippen LogP contribution in [0.2, 0.25) is 5.02 Å². The van der Waals surface area contributed by atoms with Crippen LogP contribution in [0.15, 0.2) is 41.2 Å². The van der Waals surface area contributed by atoms with Gasteiger partial charge in [-0.15, -0.1) is 0 Å². The fourth-order valence-electron chi connectivity index (χ4n) is 3.86. The van der Waals surface area contributed by atoms with Crippen LogP contribution in [0.5, 0.6) is 11.5 Å². The number of benzene rings is 2. The van der Waals surface area contributed by atoms with Gasteiger partial charge in [-0.2, -0.15) is 5.26 Å². The fourth-order valence-corrected chi connectivity index (χ4v) is 4.13. The number of pyridine rings is 1. The lowest BCUT2D eigenvalue weighted by Crippen LogP contribution is -2.35. The number of aromatic nitrogens is 1. The van der Waals surface area contributed by atoms with E-state index in [9.17, 15) is 4.79 Å². The van der Waals surface area contributed by atoms with Gasteiger partial charge in [0.15, 0.2) is 0 Å². The molecule has 1 fully saturated rings. The van der Waals surface area contributed by atoms with E-state index in [0.717, 1.165) is 37.0 Å². The minimum Gasteiger partial charge on any atom is -0.495 e. The number of hydrogen-bond donors (Lipinski definition) is 2. The molecule has 3 aromatic rings. The number of nitrogens with one attached hydrogen (secondary N) is 2. The standard InChI is InChI=1S/C24H25ClN4O3/c1-29-9-7-19(8-10-29)32-20-6-4-15-11-17(24(30)28-23(15)22(20)25)14-27-18-5-3-16(13-26)21(12-18)31-2/h3-6,11-12,19,27H,7-10,14H2,1-2H3,(H,28,30). The predicted octanol–water partition coefficient (Wildman–Crippen LogP) is 4.15. The van der Waals surface area contributed by atoms with Crippen LogP contribution < -0.4 is 20.3 Å². The lowest BCUT2D eigenvalue weighted by atomic mass is 10.1. The number of halogens is 1. The summed E-state index contributed by atoms with van der Waals surface area (Å²) in [5.74, 6) is 1.08. The highest BCUT2D eigenvalue weighted by Gasteiger charge is 2.20. The summed E-state index contributed by atoms with van der Waals surface area (Å²) in [4.78, 5) is 17.9. The summed E-state index contributed by atoms with van der Waals surface area (Å²) in [6, 6.07) is 12.9. The molecule has 0 saturated carbocycles. The molecule has 2 N–H and O–H groups in total. The maximum absolute atomic E-state index is 12.7. The molecule has 1 aliphatic heterocycles. The van der Waals surface area contributed by atoms with Crippen molar-refractivity contribution in [3.63, 3.8) is 0 Å². The average molecular weight is 453 g/mol. The van der Waals surface area contributed by atoms with Gasteiger partial charge in [0.1, 0.15) is 28.7 Å². The Balaban J connectivity index is 1.52. The molecular formula is C24H25ClN4O3. The minimum atomic E-state index is -0.219. The van der Waals surface area contributed by atoms with Crippen LogP contribution in [0.3, 0.4) is 0 Å². The summed E-state index contributed by atoms with van der Waals surface area (Å²) in [5.41, 5.74) is 2.13. The number of aromatic amines is 1. The molecule has 0 atom stereocenters. The third-order valence-corrected chi connectivity index (χ3v) is 6.14. The second-order valence-corrected chi connectivity index (χ2v) is 8.34. The van der Waals surface area contributed by atoms with E-state index >= 15 is 0 Å². The van der Waals surface area contributed by atoms with Crippen molar-refractivity contribution in [3.8, 4) is 17.6 Å². The Kier molecular flexibility index (Phi) is 6.54. The summed E-state index contributed by atoms with van der Waals surface area (Å²) in [6.45, 7) is 2.30. The van der Waals surface area contributed by atoms with Gasteiger partial charge in [-0.1, -0.05) is 11.6 Å². The van der Waals surface area contributed by atoms with Crippen LogP contribution in [0.25, 0.3) is 10.9 Å². The van der Waals surface area contributed by atoms with Crippen molar-refractivity contribution >= 4 is 28.2 Å². The normalized spacial score (nSPS) is 14.8. The predicted molar refractivity (Wildman–Crippen MR) is 126 cm³/mol. The van der Waals surface area contributed by atoms with Crippen molar-refractivity contribution in [3.05, 3.63) is 62.9 Å². The molecule has 32 heavy (non-hydrogen) atoms. The number of nitrogens with zero attached hydrogens (tertiary/aromatic N) is 2. The first-order chi connectivity index (χ1) is 15.5. The molecule has 1 aliphatic rings. The molecule has 2 heterocycles. The van der Waals surface area contributed by atoms with Crippen LogP contribution in [-0.2, 0) is 6.54 Å². The Labute approximate surface area is 191 Å². The number of rotatable bonds is 6. The van der Waals surface area contributed by atoms with Crippen molar-refractivity contribution in [1.82, 2.24) is 9.88 Å². The highest BCUT2D eigenvalue weighted by Crippen LogP contribution is 2.33. The number of ether oxygens (including phenoxy) is 2. The molecular weight excluding hydrogens is 428 g/mol. The van der Waals surface area contributed by atoms with E-state index in [0.29, 0.717) is 39.7 Å². The molecule has 1 aromatic heterocycles. The highest BCUT2D eigenvalue weighted by atomic mass is 35.5. The van der Waals surface area contributed by atoms with Gasteiger partial charge in [0.25, 0.3) is 5.56 Å². The lowest BCUT2D eigenvalue weighted by molar-refractivity contribution is 0.114. The Morgan fingerprint density at radius 3 is 2.72 bits per heavy atom. The number of fused-ring (bicyclic) bond motifs is 1. The van der Waals surface area contributed by atoms with Crippen LogP contribution in [-0.4, -0.2) is 43.2 Å². The zero-order chi connectivity index (χ0) is 22.7. The molecule has 0 radical (unpaired) electrons. The van der Waals surface area contributed by atoms with Gasteiger partial charge in [0, 0.05) is 42.3 Å². The van der Waals surface area contributed by atoms with Gasteiger partial charge in [-0.05, 0) is 50.2 Å². The van der Waals surface area contributed by atoms with Crippen molar-refractivity contribution in [2.24, 2.45) is 0 Å². The molecule has 0 unspecified atom stereocenters. The fraction of sp³-hybridized carbons (Fsp3) is 0.333. The number of anilines is 1. The maximum atomic E-state index is 12.7. The quantitative estimate of drug-likeness (QED) is 0.584. The summed E-state index contributed by atoms with van der Waals surface area (Å²) < 4.78 is 11.4. The highest BCUT2D eigenvalue weighted by molar-refractivity contribution is 6.36. The van der Waals surface area contributed by atoms with E-state index < -0.39 is 0 Å². The summed E-state index contributed by atoms with van der Waals surface area (Å²) in [7, 11) is 3.62. The first kappa shape index (κ1) is 22.0. The first-order valence-electron chi connectivity index (χ1n) is 10.5.